The number of rotatable bonds is 5. The quantitative estimate of drug-likeness (QED) is 0.901. The molecule has 4 heteroatoms. The van der Waals surface area contributed by atoms with Gasteiger partial charge in [-0.05, 0) is 69.6 Å². The Kier molecular flexibility index (Phi) is 4.72. The van der Waals surface area contributed by atoms with Crippen molar-refractivity contribution in [1.29, 1.82) is 0 Å². The molecule has 1 aromatic rings. The summed E-state index contributed by atoms with van der Waals surface area (Å²) in [6.45, 7) is 3.31. The molecule has 1 saturated heterocycles. The van der Waals surface area contributed by atoms with Crippen LogP contribution in [0.2, 0.25) is 5.02 Å². The van der Waals surface area contributed by atoms with Crippen molar-refractivity contribution >= 4 is 17.3 Å². The van der Waals surface area contributed by atoms with Crippen LogP contribution in [0, 0.1) is 0 Å². The second-order valence-electron chi connectivity index (χ2n) is 6.57. The van der Waals surface area contributed by atoms with Crippen LogP contribution >= 0.6 is 11.6 Å². The van der Waals surface area contributed by atoms with Gasteiger partial charge in [0, 0.05) is 36.4 Å². The van der Waals surface area contributed by atoms with Crippen molar-refractivity contribution in [2.24, 2.45) is 0 Å². The van der Waals surface area contributed by atoms with Crippen LogP contribution in [0.1, 0.15) is 31.2 Å². The van der Waals surface area contributed by atoms with Gasteiger partial charge in [-0.2, -0.15) is 0 Å². The minimum Gasteiger partial charge on any atom is -0.371 e. The molecule has 0 unspecified atom stereocenters. The van der Waals surface area contributed by atoms with E-state index in [-0.39, 0.29) is 0 Å². The van der Waals surface area contributed by atoms with Gasteiger partial charge >= 0.3 is 0 Å². The fourth-order valence-electron chi connectivity index (χ4n) is 3.16. The predicted molar refractivity (Wildman–Crippen MR) is 90.2 cm³/mol. The molecule has 116 valence electrons. The van der Waals surface area contributed by atoms with E-state index < -0.39 is 0 Å². The molecule has 1 heterocycles. The van der Waals surface area contributed by atoms with Gasteiger partial charge in [-0.15, -0.1) is 0 Å². The van der Waals surface area contributed by atoms with Gasteiger partial charge < -0.3 is 15.1 Å². The molecule has 2 aliphatic rings. The molecule has 0 radical (unpaired) electrons. The minimum atomic E-state index is 0.641. The van der Waals surface area contributed by atoms with Gasteiger partial charge in [0.25, 0.3) is 0 Å². The van der Waals surface area contributed by atoms with E-state index in [1.807, 2.05) is 6.07 Å². The standard InChI is InChI=1S/C17H26ClN3/c1-20-9-7-16(8-10-20)21(2)17-6-3-14(18)11-13(17)12-19-15-4-5-15/h3,6,11,15-16,19H,4-5,7-10,12H2,1-2H3. The van der Waals surface area contributed by atoms with Gasteiger partial charge in [-0.3, -0.25) is 0 Å². The third kappa shape index (κ3) is 3.91. The molecule has 1 aliphatic heterocycles. The summed E-state index contributed by atoms with van der Waals surface area (Å²) in [7, 11) is 4.45. The monoisotopic (exact) mass is 307 g/mol. The summed E-state index contributed by atoms with van der Waals surface area (Å²) in [4.78, 5) is 4.88. The molecule has 1 aromatic carbocycles. The topological polar surface area (TPSA) is 18.5 Å². The van der Waals surface area contributed by atoms with Crippen molar-refractivity contribution in [2.45, 2.75) is 44.3 Å². The van der Waals surface area contributed by atoms with Crippen molar-refractivity contribution in [3.05, 3.63) is 28.8 Å². The summed E-state index contributed by atoms with van der Waals surface area (Å²) in [5.41, 5.74) is 2.66. The highest BCUT2D eigenvalue weighted by molar-refractivity contribution is 6.30. The Morgan fingerprint density at radius 1 is 1.24 bits per heavy atom. The van der Waals surface area contributed by atoms with Gasteiger partial charge in [-0.25, -0.2) is 0 Å². The number of piperidine rings is 1. The van der Waals surface area contributed by atoms with Gasteiger partial charge in [-0.1, -0.05) is 11.6 Å². The van der Waals surface area contributed by atoms with Crippen molar-refractivity contribution < 1.29 is 0 Å². The number of benzene rings is 1. The third-order valence-electron chi connectivity index (χ3n) is 4.82. The lowest BCUT2D eigenvalue weighted by atomic mass is 10.0. The third-order valence-corrected chi connectivity index (χ3v) is 5.05. The zero-order valence-electron chi connectivity index (χ0n) is 13.1. The van der Waals surface area contributed by atoms with Crippen LogP contribution in [0.4, 0.5) is 5.69 Å². The van der Waals surface area contributed by atoms with Crippen molar-refractivity contribution in [3.8, 4) is 0 Å². The smallest absolute Gasteiger partial charge is 0.0412 e. The number of anilines is 1. The van der Waals surface area contributed by atoms with Crippen molar-refractivity contribution in [3.63, 3.8) is 0 Å². The van der Waals surface area contributed by atoms with E-state index in [1.54, 1.807) is 0 Å². The van der Waals surface area contributed by atoms with Crippen LogP contribution in [0.3, 0.4) is 0 Å². The Hall–Kier alpha value is -0.770. The zero-order valence-corrected chi connectivity index (χ0v) is 13.9. The predicted octanol–water partition coefficient (Wildman–Crippen LogP) is 3.12. The molecular weight excluding hydrogens is 282 g/mol. The van der Waals surface area contributed by atoms with Crippen molar-refractivity contribution in [1.82, 2.24) is 10.2 Å². The molecule has 0 spiro atoms. The summed E-state index contributed by atoms with van der Waals surface area (Å²) < 4.78 is 0. The first-order chi connectivity index (χ1) is 10.1. The van der Waals surface area contributed by atoms with Crippen LogP contribution in [-0.2, 0) is 6.54 Å². The molecule has 1 N–H and O–H groups in total. The summed E-state index contributed by atoms with van der Waals surface area (Å²) in [6, 6.07) is 7.69. The van der Waals surface area contributed by atoms with E-state index in [1.165, 1.54) is 50.0 Å². The highest BCUT2D eigenvalue weighted by Gasteiger charge is 2.24. The zero-order chi connectivity index (χ0) is 14.8. The van der Waals surface area contributed by atoms with Crippen molar-refractivity contribution in [2.75, 3.05) is 32.1 Å². The van der Waals surface area contributed by atoms with E-state index >= 15 is 0 Å². The Morgan fingerprint density at radius 2 is 1.95 bits per heavy atom. The maximum absolute atomic E-state index is 6.20. The SMILES string of the molecule is CN1CCC(N(C)c2ccc(Cl)cc2CNC2CC2)CC1. The number of hydrogen-bond donors (Lipinski definition) is 1. The van der Waals surface area contributed by atoms with Gasteiger partial charge in [0.2, 0.25) is 0 Å². The highest BCUT2D eigenvalue weighted by atomic mass is 35.5. The van der Waals surface area contributed by atoms with E-state index in [4.69, 9.17) is 11.6 Å². The molecule has 21 heavy (non-hydrogen) atoms. The first kappa shape index (κ1) is 15.1. The summed E-state index contributed by atoms with van der Waals surface area (Å²) in [6.07, 6.45) is 5.12. The fourth-order valence-corrected chi connectivity index (χ4v) is 3.36. The van der Waals surface area contributed by atoms with E-state index in [0.717, 1.165) is 17.6 Å². The van der Waals surface area contributed by atoms with Crippen LogP contribution < -0.4 is 10.2 Å². The molecule has 1 aliphatic carbocycles. The number of likely N-dealkylation sites (tertiary alicyclic amines) is 1. The molecule has 1 saturated carbocycles. The lowest BCUT2D eigenvalue weighted by Gasteiger charge is -2.37. The average Bonchev–Trinajstić information content (AvgIpc) is 3.29. The van der Waals surface area contributed by atoms with Crippen LogP contribution in [0.15, 0.2) is 18.2 Å². The maximum atomic E-state index is 6.20. The van der Waals surface area contributed by atoms with Gasteiger partial charge in [0.15, 0.2) is 0 Å². The minimum absolute atomic E-state index is 0.641. The molecule has 0 bridgehead atoms. The largest absolute Gasteiger partial charge is 0.371 e. The molecule has 2 fully saturated rings. The fraction of sp³-hybridized carbons (Fsp3) is 0.647. The van der Waals surface area contributed by atoms with Crippen LogP contribution in [0.5, 0.6) is 0 Å². The molecule has 3 nitrogen and oxygen atoms in total. The lowest BCUT2D eigenvalue weighted by molar-refractivity contribution is 0.252. The first-order valence-electron chi connectivity index (χ1n) is 8.06. The van der Waals surface area contributed by atoms with Crippen LogP contribution in [-0.4, -0.2) is 44.2 Å². The lowest BCUT2D eigenvalue weighted by Crippen LogP contribution is -2.42. The van der Waals surface area contributed by atoms with Crippen LogP contribution in [0.25, 0.3) is 0 Å². The second kappa shape index (κ2) is 6.55. The van der Waals surface area contributed by atoms with E-state index in [0.29, 0.717) is 6.04 Å². The average molecular weight is 308 g/mol. The summed E-state index contributed by atoms with van der Waals surface area (Å²) in [5.74, 6) is 0. The first-order valence-corrected chi connectivity index (χ1v) is 8.44. The van der Waals surface area contributed by atoms with Gasteiger partial charge in [0.05, 0.1) is 0 Å². The Morgan fingerprint density at radius 3 is 2.62 bits per heavy atom. The second-order valence-corrected chi connectivity index (χ2v) is 7.01. The number of nitrogens with one attached hydrogen (secondary N) is 1. The Balaban J connectivity index is 1.72. The Labute approximate surface area is 133 Å². The Bertz CT molecular complexity index is 479. The molecule has 0 atom stereocenters. The molecular formula is C17H26ClN3. The number of nitrogens with zero attached hydrogens (tertiary/aromatic N) is 2. The summed E-state index contributed by atoms with van der Waals surface area (Å²) in [5, 5.41) is 4.45. The van der Waals surface area contributed by atoms with E-state index in [9.17, 15) is 0 Å². The van der Waals surface area contributed by atoms with Gasteiger partial charge in [0.1, 0.15) is 0 Å². The summed E-state index contributed by atoms with van der Waals surface area (Å²) >= 11 is 6.20. The normalized spacial score (nSPS) is 20.7. The maximum Gasteiger partial charge on any atom is 0.0412 e. The van der Waals surface area contributed by atoms with E-state index in [2.05, 4.69) is 41.3 Å². The number of halogens is 1. The molecule has 3 rings (SSSR count). The highest BCUT2D eigenvalue weighted by Crippen LogP contribution is 2.29. The number of hydrogen-bond acceptors (Lipinski definition) is 3. The molecule has 0 aromatic heterocycles. The molecule has 0 amide bonds.